The molecule has 438 valence electrons. The summed E-state index contributed by atoms with van der Waals surface area (Å²) in [6.07, 6.45) is -19.3. The fourth-order valence-electron chi connectivity index (χ4n) is 10.3. The first-order valence-electron chi connectivity index (χ1n) is 27.4. The van der Waals surface area contributed by atoms with Gasteiger partial charge in [-0.3, -0.25) is 9.59 Å². The van der Waals surface area contributed by atoms with Crippen molar-refractivity contribution < 1.29 is 110 Å². The van der Waals surface area contributed by atoms with E-state index in [1.165, 1.54) is 34.1 Å². The molecule has 24 heteroatoms. The molecule has 76 heavy (non-hydrogen) atoms. The van der Waals surface area contributed by atoms with Gasteiger partial charge < -0.3 is 110 Å². The van der Waals surface area contributed by atoms with Crippen LogP contribution in [-0.2, 0) is 28.4 Å². The van der Waals surface area contributed by atoms with Gasteiger partial charge in [-0.05, 0) is 37.1 Å². The van der Waals surface area contributed by atoms with Crippen molar-refractivity contribution in [2.45, 2.75) is 239 Å². The molecule has 4 saturated heterocycles. The molecule has 1 aromatic rings. The van der Waals surface area contributed by atoms with Gasteiger partial charge in [0.1, 0.15) is 97.7 Å². The van der Waals surface area contributed by atoms with Gasteiger partial charge in [-0.1, -0.05) is 104 Å². The second-order valence-corrected chi connectivity index (χ2v) is 20.6. The van der Waals surface area contributed by atoms with Crippen molar-refractivity contribution in [3.8, 4) is 0 Å². The van der Waals surface area contributed by atoms with E-state index in [1.54, 1.807) is 0 Å². The highest BCUT2D eigenvalue weighted by molar-refractivity contribution is 5.98. The van der Waals surface area contributed by atoms with Crippen molar-refractivity contribution >= 4 is 11.8 Å². The monoisotopic (exact) mass is 1090 g/mol. The zero-order valence-electron chi connectivity index (χ0n) is 43.8. The van der Waals surface area contributed by atoms with Crippen molar-refractivity contribution in [1.82, 2.24) is 9.80 Å². The van der Waals surface area contributed by atoms with Gasteiger partial charge in [0.2, 0.25) is 0 Å². The summed E-state index contributed by atoms with van der Waals surface area (Å²) < 4.78 is 34.6. The Balaban J connectivity index is 1.37. The van der Waals surface area contributed by atoms with Crippen LogP contribution in [0.3, 0.4) is 0 Å². The van der Waals surface area contributed by atoms with E-state index in [-0.39, 0.29) is 24.2 Å². The van der Waals surface area contributed by atoms with Crippen LogP contribution in [0.15, 0.2) is 24.3 Å². The second-order valence-electron chi connectivity index (χ2n) is 20.6. The van der Waals surface area contributed by atoms with E-state index >= 15 is 0 Å². The summed E-state index contributed by atoms with van der Waals surface area (Å²) in [6, 6.07) is 5.44. The van der Waals surface area contributed by atoms with Crippen molar-refractivity contribution in [1.29, 1.82) is 0 Å². The first kappa shape index (κ1) is 64.2. The highest BCUT2D eigenvalue weighted by Gasteiger charge is 2.54. The summed E-state index contributed by atoms with van der Waals surface area (Å²) in [5.41, 5.74) is 0.0448. The molecule has 0 bridgehead atoms. The van der Waals surface area contributed by atoms with E-state index in [9.17, 15) is 81.1 Å². The zero-order chi connectivity index (χ0) is 55.6. The lowest BCUT2D eigenvalue weighted by Crippen LogP contribution is -2.67. The van der Waals surface area contributed by atoms with Crippen LogP contribution in [0, 0.1) is 0 Å². The van der Waals surface area contributed by atoms with E-state index < -0.39 is 161 Å². The molecule has 0 saturated carbocycles. The Morgan fingerprint density at radius 2 is 0.697 bits per heavy atom. The third-order valence-corrected chi connectivity index (χ3v) is 15.0. The standard InChI is InChI=1S/C52H88N2O22/c1-3-5-7-9-11-13-15-17-23-53(49-41(65)39(63)45(33(27-57)71-49)75-51-43(67)37(61)35(59)31(25-55)73-51)47(69)29-19-21-30(22-20-29)48(70)54(24-18-16-14-12-10-8-6-4-2)50-42(66)40(64)46(34(28-58)72-50)76-52-44(68)38(62)36(60)32(26-56)74-52/h19-22,31-46,49-52,55-68H,3-18,23-28H2,1-2H3. The molecule has 5 rings (SSSR count). The maximum atomic E-state index is 14.6. The number of carbonyl (C=O) groups excluding carboxylic acids is 2. The van der Waals surface area contributed by atoms with E-state index in [0.29, 0.717) is 25.7 Å². The lowest BCUT2D eigenvalue weighted by Gasteiger charge is -2.48. The van der Waals surface area contributed by atoms with Crippen LogP contribution in [0.2, 0.25) is 0 Å². The molecule has 24 nitrogen and oxygen atoms in total. The Labute approximate surface area is 444 Å². The quantitative estimate of drug-likeness (QED) is 0.0374. The summed E-state index contributed by atoms with van der Waals surface area (Å²) >= 11 is 0. The third kappa shape index (κ3) is 16.3. The summed E-state index contributed by atoms with van der Waals surface area (Å²) in [5.74, 6) is -1.38. The third-order valence-electron chi connectivity index (χ3n) is 15.0. The second kappa shape index (κ2) is 32.0. The van der Waals surface area contributed by atoms with Gasteiger partial charge >= 0.3 is 0 Å². The predicted molar refractivity (Wildman–Crippen MR) is 267 cm³/mol. The smallest absolute Gasteiger partial charge is 0.255 e. The number of aliphatic hydroxyl groups excluding tert-OH is 14. The van der Waals surface area contributed by atoms with Gasteiger partial charge in [0, 0.05) is 24.2 Å². The molecule has 0 radical (unpaired) electrons. The van der Waals surface area contributed by atoms with Crippen molar-refractivity contribution in [2.24, 2.45) is 0 Å². The molecule has 4 aliphatic heterocycles. The summed E-state index contributed by atoms with van der Waals surface area (Å²) in [6.45, 7) is 1.08. The van der Waals surface area contributed by atoms with Crippen molar-refractivity contribution in [2.75, 3.05) is 39.5 Å². The number of nitrogens with zero attached hydrogens (tertiary/aromatic N) is 2. The number of unbranched alkanes of at least 4 members (excludes halogenated alkanes) is 14. The van der Waals surface area contributed by atoms with Gasteiger partial charge in [-0.2, -0.15) is 0 Å². The van der Waals surface area contributed by atoms with E-state index in [1.807, 2.05) is 0 Å². The Morgan fingerprint density at radius 1 is 0.395 bits per heavy atom. The van der Waals surface area contributed by atoms with Gasteiger partial charge in [0.25, 0.3) is 11.8 Å². The number of ether oxygens (including phenoxy) is 6. The zero-order valence-corrected chi connectivity index (χ0v) is 43.8. The first-order chi connectivity index (χ1) is 36.5. The van der Waals surface area contributed by atoms with Crippen molar-refractivity contribution in [3.63, 3.8) is 0 Å². The minimum atomic E-state index is -1.89. The molecule has 20 unspecified atom stereocenters. The van der Waals surface area contributed by atoms with Crippen LogP contribution in [0.5, 0.6) is 0 Å². The fourth-order valence-corrected chi connectivity index (χ4v) is 10.3. The predicted octanol–water partition coefficient (Wildman–Crippen LogP) is -1.90. The van der Waals surface area contributed by atoms with Crippen LogP contribution in [0.1, 0.15) is 137 Å². The Hall–Kier alpha value is -2.64. The Bertz CT molecular complexity index is 1690. The summed E-state index contributed by atoms with van der Waals surface area (Å²) in [5, 5.41) is 149. The fraction of sp³-hybridized carbons (Fsp3) is 0.846. The molecular weight excluding hydrogens is 1000 g/mol. The molecular formula is C52H88N2O22. The largest absolute Gasteiger partial charge is 0.394 e. The number of rotatable bonds is 30. The molecule has 4 aliphatic rings. The van der Waals surface area contributed by atoms with Gasteiger partial charge in [0.15, 0.2) is 25.0 Å². The van der Waals surface area contributed by atoms with E-state index in [4.69, 9.17) is 28.4 Å². The van der Waals surface area contributed by atoms with Crippen LogP contribution >= 0.6 is 0 Å². The normalized spacial score (nSPS) is 36.0. The molecule has 2 amide bonds. The van der Waals surface area contributed by atoms with Gasteiger partial charge in [-0.15, -0.1) is 0 Å². The molecule has 4 heterocycles. The topological polar surface area (TPSA) is 379 Å². The Morgan fingerprint density at radius 3 is 1.00 bits per heavy atom. The molecule has 1 aromatic carbocycles. The highest BCUT2D eigenvalue weighted by atomic mass is 16.7. The lowest BCUT2D eigenvalue weighted by atomic mass is 9.95. The van der Waals surface area contributed by atoms with Crippen LogP contribution in [0.4, 0.5) is 0 Å². The summed E-state index contributed by atoms with van der Waals surface area (Å²) in [7, 11) is 0. The van der Waals surface area contributed by atoms with Crippen LogP contribution < -0.4 is 0 Å². The highest BCUT2D eigenvalue weighted by Crippen LogP contribution is 2.34. The SMILES string of the molecule is CCCCCCCCCCN(C(=O)c1ccc(C(=O)N(CCCCCCCCCC)C2OC(CO)C(OC3OC(CO)C(O)C(O)C3O)C(O)C2O)cc1)C1OC(CO)C(OC2OC(CO)C(O)C(O)C2O)C(O)C1O. The van der Waals surface area contributed by atoms with Gasteiger partial charge in [-0.25, -0.2) is 0 Å². The molecule has 14 N–H and O–H groups in total. The molecule has 4 fully saturated rings. The number of aliphatic hydroxyl groups is 14. The number of carbonyl (C=O) groups is 2. The Kier molecular flexibility index (Phi) is 27.0. The minimum Gasteiger partial charge on any atom is -0.394 e. The number of hydrogen-bond donors (Lipinski definition) is 14. The number of amides is 2. The average Bonchev–Trinajstić information content (AvgIpc) is 3.42. The first-order valence-corrected chi connectivity index (χ1v) is 27.4. The van der Waals surface area contributed by atoms with Crippen LogP contribution in [-0.4, -0.2) is 255 Å². The maximum Gasteiger partial charge on any atom is 0.255 e. The molecule has 0 spiro atoms. The van der Waals surface area contributed by atoms with Crippen molar-refractivity contribution in [3.05, 3.63) is 35.4 Å². The maximum absolute atomic E-state index is 14.6. The number of benzene rings is 1. The van der Waals surface area contributed by atoms with E-state index in [2.05, 4.69) is 13.8 Å². The lowest BCUT2D eigenvalue weighted by molar-refractivity contribution is -0.347. The molecule has 0 aliphatic carbocycles. The van der Waals surface area contributed by atoms with E-state index in [0.717, 1.165) is 77.0 Å². The summed E-state index contributed by atoms with van der Waals surface area (Å²) in [4.78, 5) is 31.7. The molecule has 20 atom stereocenters. The number of hydrogen-bond acceptors (Lipinski definition) is 22. The molecule has 0 aromatic heterocycles. The van der Waals surface area contributed by atoms with Gasteiger partial charge in [0.05, 0.1) is 26.4 Å². The van der Waals surface area contributed by atoms with Crippen LogP contribution in [0.25, 0.3) is 0 Å². The average molecular weight is 1090 g/mol. The minimum absolute atomic E-state index is 0.0119.